The summed E-state index contributed by atoms with van der Waals surface area (Å²) in [7, 11) is 5.55. The van der Waals surface area contributed by atoms with Crippen LogP contribution in [0.3, 0.4) is 0 Å². The molecule has 140 valence electrons. The monoisotopic (exact) mass is 382 g/mol. The van der Waals surface area contributed by atoms with Crippen LogP contribution in [0.1, 0.15) is 17.0 Å². The Morgan fingerprint density at radius 3 is 2.33 bits per heavy atom. The van der Waals surface area contributed by atoms with Gasteiger partial charge < -0.3 is 9.47 Å². The smallest absolute Gasteiger partial charge is 0.265 e. The maximum absolute atomic E-state index is 12.4. The maximum Gasteiger partial charge on any atom is 0.265 e. The minimum atomic E-state index is -0.469. The second-order valence-corrected chi connectivity index (χ2v) is 7.14. The number of nitrogens with zero attached hydrogens (tertiary/aromatic N) is 3. The first-order chi connectivity index (χ1) is 12.7. The largest absolute Gasteiger partial charge is 0.378 e. The number of carbonyl (C=O) groups is 2. The predicted octanol–water partition coefficient (Wildman–Crippen LogP) is 2.42. The van der Waals surface area contributed by atoms with Gasteiger partial charge in [0.15, 0.2) is 5.11 Å². The zero-order valence-electron chi connectivity index (χ0n) is 16.0. The standard InChI is InChI=1S/C20H22N4O2S/c1-12-10-14(11-17-18(25)21-20(27)23(5)19(17)26)13(2)24(12)16-8-6-15(7-9-16)22(3)4/h6-11H,1-5H3,(H,21,25,27)/b17-11-. The molecule has 1 fully saturated rings. The molecule has 2 amide bonds. The molecule has 0 bridgehead atoms. The summed E-state index contributed by atoms with van der Waals surface area (Å²) in [6, 6.07) is 10.2. The quantitative estimate of drug-likeness (QED) is 0.503. The van der Waals surface area contributed by atoms with Gasteiger partial charge in [-0.15, -0.1) is 0 Å². The molecule has 0 saturated carbocycles. The fourth-order valence-electron chi connectivity index (χ4n) is 3.13. The van der Waals surface area contributed by atoms with E-state index in [1.807, 2.05) is 38.9 Å². The first kappa shape index (κ1) is 18.8. The number of likely N-dealkylation sites (N-methyl/N-ethyl adjacent to an activating group) is 1. The molecule has 1 N–H and O–H groups in total. The molecular formula is C20H22N4O2S. The van der Waals surface area contributed by atoms with Crippen LogP contribution in [0.25, 0.3) is 11.8 Å². The molecule has 1 aliphatic rings. The first-order valence-corrected chi connectivity index (χ1v) is 8.93. The molecule has 27 heavy (non-hydrogen) atoms. The molecule has 2 heterocycles. The van der Waals surface area contributed by atoms with E-state index in [1.165, 1.54) is 4.90 Å². The minimum Gasteiger partial charge on any atom is -0.378 e. The number of hydrogen-bond acceptors (Lipinski definition) is 4. The van der Waals surface area contributed by atoms with Gasteiger partial charge in [0.05, 0.1) is 0 Å². The van der Waals surface area contributed by atoms with E-state index in [2.05, 4.69) is 34.1 Å². The van der Waals surface area contributed by atoms with E-state index >= 15 is 0 Å². The van der Waals surface area contributed by atoms with Gasteiger partial charge in [-0.2, -0.15) is 0 Å². The average Bonchev–Trinajstić information content (AvgIpc) is 2.90. The molecule has 2 aromatic rings. The van der Waals surface area contributed by atoms with Gasteiger partial charge in [-0.1, -0.05) is 0 Å². The van der Waals surface area contributed by atoms with Crippen molar-refractivity contribution in [1.82, 2.24) is 14.8 Å². The van der Waals surface area contributed by atoms with Crippen LogP contribution in [0.2, 0.25) is 0 Å². The molecule has 0 aliphatic carbocycles. The fraction of sp³-hybridized carbons (Fsp3) is 0.250. The van der Waals surface area contributed by atoms with Crippen molar-refractivity contribution in [1.29, 1.82) is 0 Å². The minimum absolute atomic E-state index is 0.0781. The van der Waals surface area contributed by atoms with Crippen molar-refractivity contribution in [2.24, 2.45) is 0 Å². The van der Waals surface area contributed by atoms with Gasteiger partial charge in [0.1, 0.15) is 5.57 Å². The topological polar surface area (TPSA) is 57.6 Å². The predicted molar refractivity (Wildman–Crippen MR) is 111 cm³/mol. The maximum atomic E-state index is 12.4. The van der Waals surface area contributed by atoms with Crippen LogP contribution in [0, 0.1) is 13.8 Å². The van der Waals surface area contributed by atoms with Crippen LogP contribution in [0.5, 0.6) is 0 Å². The number of carbonyl (C=O) groups excluding carboxylic acids is 2. The number of rotatable bonds is 3. The number of aromatic nitrogens is 1. The summed E-state index contributed by atoms with van der Waals surface area (Å²) in [4.78, 5) is 27.9. The second-order valence-electron chi connectivity index (χ2n) is 6.75. The molecule has 1 saturated heterocycles. The van der Waals surface area contributed by atoms with Crippen LogP contribution in [0.15, 0.2) is 35.9 Å². The van der Waals surface area contributed by atoms with Gasteiger partial charge in [0.2, 0.25) is 0 Å². The Morgan fingerprint density at radius 2 is 1.74 bits per heavy atom. The summed E-state index contributed by atoms with van der Waals surface area (Å²) in [6.07, 6.45) is 1.63. The first-order valence-electron chi connectivity index (χ1n) is 8.52. The average molecular weight is 382 g/mol. The number of thiocarbonyl (C=S) groups is 1. The Balaban J connectivity index is 2.02. The highest BCUT2D eigenvalue weighted by Gasteiger charge is 2.31. The van der Waals surface area contributed by atoms with Crippen molar-refractivity contribution in [2.45, 2.75) is 13.8 Å². The van der Waals surface area contributed by atoms with Gasteiger partial charge in [-0.05, 0) is 68.0 Å². The molecule has 1 aromatic heterocycles. The summed E-state index contributed by atoms with van der Waals surface area (Å²) < 4.78 is 2.10. The lowest BCUT2D eigenvalue weighted by atomic mass is 10.1. The second kappa shape index (κ2) is 7.00. The van der Waals surface area contributed by atoms with Crippen molar-refractivity contribution < 1.29 is 9.59 Å². The molecule has 3 rings (SSSR count). The van der Waals surface area contributed by atoms with Crippen molar-refractivity contribution in [3.05, 3.63) is 52.9 Å². The van der Waals surface area contributed by atoms with Crippen LogP contribution in [-0.4, -0.2) is 47.5 Å². The van der Waals surface area contributed by atoms with E-state index in [4.69, 9.17) is 12.2 Å². The SMILES string of the molecule is Cc1cc(/C=C2/C(=O)NC(=S)N(C)C2=O)c(C)n1-c1ccc(N(C)C)cc1. The summed E-state index contributed by atoms with van der Waals surface area (Å²) in [5, 5.41) is 2.66. The third kappa shape index (κ3) is 3.38. The third-order valence-corrected chi connectivity index (χ3v) is 5.08. The number of nitrogens with one attached hydrogen (secondary N) is 1. The third-order valence-electron chi connectivity index (χ3n) is 4.70. The number of benzene rings is 1. The summed E-state index contributed by atoms with van der Waals surface area (Å²) in [5.41, 5.74) is 5.02. The van der Waals surface area contributed by atoms with Gasteiger partial charge in [-0.3, -0.25) is 19.8 Å². The van der Waals surface area contributed by atoms with Crippen LogP contribution in [0.4, 0.5) is 5.69 Å². The van der Waals surface area contributed by atoms with E-state index in [9.17, 15) is 9.59 Å². The van der Waals surface area contributed by atoms with Crippen LogP contribution >= 0.6 is 12.2 Å². The van der Waals surface area contributed by atoms with Gasteiger partial charge in [-0.25, -0.2) is 0 Å². The Bertz CT molecular complexity index is 971. The van der Waals surface area contributed by atoms with Crippen molar-refractivity contribution in [3.63, 3.8) is 0 Å². The molecule has 0 atom stereocenters. The number of amides is 2. The van der Waals surface area contributed by atoms with E-state index in [-0.39, 0.29) is 10.7 Å². The number of hydrogen-bond donors (Lipinski definition) is 1. The van der Waals surface area contributed by atoms with E-state index < -0.39 is 11.8 Å². The van der Waals surface area contributed by atoms with Crippen LogP contribution in [-0.2, 0) is 9.59 Å². The fourth-order valence-corrected chi connectivity index (χ4v) is 3.31. The number of anilines is 1. The van der Waals surface area contributed by atoms with E-state index in [0.717, 1.165) is 28.3 Å². The molecule has 6 nitrogen and oxygen atoms in total. The Kier molecular flexibility index (Phi) is 4.89. The highest BCUT2D eigenvalue weighted by molar-refractivity contribution is 7.80. The summed E-state index contributed by atoms with van der Waals surface area (Å²) >= 11 is 4.98. The highest BCUT2D eigenvalue weighted by atomic mass is 32.1. The van der Waals surface area contributed by atoms with Crippen LogP contribution < -0.4 is 10.2 Å². The van der Waals surface area contributed by atoms with Gasteiger partial charge >= 0.3 is 0 Å². The van der Waals surface area contributed by atoms with Crippen molar-refractivity contribution >= 4 is 40.9 Å². The molecule has 0 radical (unpaired) electrons. The molecule has 1 aliphatic heterocycles. The van der Waals surface area contributed by atoms with Crippen molar-refractivity contribution in [3.8, 4) is 5.69 Å². The summed E-state index contributed by atoms with van der Waals surface area (Å²) in [5.74, 6) is -0.868. The van der Waals surface area contributed by atoms with E-state index in [1.54, 1.807) is 13.1 Å². The lowest BCUT2D eigenvalue weighted by Crippen LogP contribution is -2.52. The lowest BCUT2D eigenvalue weighted by Gasteiger charge is -2.25. The lowest BCUT2D eigenvalue weighted by molar-refractivity contribution is -0.128. The van der Waals surface area contributed by atoms with Gasteiger partial charge in [0.25, 0.3) is 11.8 Å². The molecule has 0 spiro atoms. The van der Waals surface area contributed by atoms with E-state index in [0.29, 0.717) is 0 Å². The zero-order chi connectivity index (χ0) is 19.9. The highest BCUT2D eigenvalue weighted by Crippen LogP contribution is 2.25. The zero-order valence-corrected chi connectivity index (χ0v) is 16.8. The molecule has 0 unspecified atom stereocenters. The summed E-state index contributed by atoms with van der Waals surface area (Å²) in [6.45, 7) is 3.97. The molecular weight excluding hydrogens is 360 g/mol. The Morgan fingerprint density at radius 1 is 1.11 bits per heavy atom. The molecule has 1 aromatic carbocycles. The Hall–Kier alpha value is -2.93. The van der Waals surface area contributed by atoms with Crippen molar-refractivity contribution in [2.75, 3.05) is 26.0 Å². The molecule has 7 heteroatoms. The normalized spacial score (nSPS) is 16.1. The Labute approximate surface area is 164 Å². The number of aryl methyl sites for hydroxylation is 1. The van der Waals surface area contributed by atoms with Gasteiger partial charge in [0, 0.05) is 43.9 Å².